The third-order valence-electron chi connectivity index (χ3n) is 2.78. The molecule has 0 unspecified atom stereocenters. The SMILES string of the molecule is COC(=O)[C@@H]1C[C@@H]1C(=O)NCc1nccnc1Cl. The summed E-state index contributed by atoms with van der Waals surface area (Å²) >= 11 is 5.81. The van der Waals surface area contributed by atoms with E-state index in [1.165, 1.54) is 19.5 Å². The smallest absolute Gasteiger partial charge is 0.309 e. The molecule has 1 aromatic rings. The predicted molar refractivity (Wildman–Crippen MR) is 62.5 cm³/mol. The molecule has 1 aromatic heterocycles. The number of amides is 1. The van der Waals surface area contributed by atoms with Gasteiger partial charge < -0.3 is 10.1 Å². The first-order chi connectivity index (χ1) is 8.63. The van der Waals surface area contributed by atoms with Crippen LogP contribution in [0, 0.1) is 11.8 Å². The maximum Gasteiger partial charge on any atom is 0.309 e. The maximum absolute atomic E-state index is 11.7. The minimum absolute atomic E-state index is 0.188. The summed E-state index contributed by atoms with van der Waals surface area (Å²) in [5.74, 6) is -1.14. The van der Waals surface area contributed by atoms with E-state index in [1.807, 2.05) is 0 Å². The standard InChI is InChI=1S/C11H12ClN3O3/c1-18-11(17)7-4-6(7)10(16)15-5-8-9(12)14-3-2-13-8/h2-3,6-7H,4-5H2,1H3,(H,15,16)/t6-,7+/m0/s1. The Labute approximate surface area is 109 Å². The van der Waals surface area contributed by atoms with Crippen molar-refractivity contribution in [2.45, 2.75) is 13.0 Å². The van der Waals surface area contributed by atoms with E-state index in [4.69, 9.17) is 11.6 Å². The van der Waals surface area contributed by atoms with Crippen molar-refractivity contribution in [2.24, 2.45) is 11.8 Å². The normalized spacial score (nSPS) is 21.2. The van der Waals surface area contributed by atoms with Crippen molar-refractivity contribution < 1.29 is 14.3 Å². The summed E-state index contributed by atoms with van der Waals surface area (Å²) in [7, 11) is 1.31. The predicted octanol–water partition coefficient (Wildman–Crippen LogP) is 0.555. The van der Waals surface area contributed by atoms with Gasteiger partial charge in [-0.3, -0.25) is 14.6 Å². The van der Waals surface area contributed by atoms with Gasteiger partial charge in [0, 0.05) is 12.4 Å². The minimum atomic E-state index is -0.340. The average molecular weight is 270 g/mol. The Morgan fingerprint density at radius 1 is 1.44 bits per heavy atom. The highest BCUT2D eigenvalue weighted by Crippen LogP contribution is 2.39. The number of nitrogens with zero attached hydrogens (tertiary/aromatic N) is 2. The number of aromatic nitrogens is 2. The second-order valence-electron chi connectivity index (χ2n) is 3.98. The van der Waals surface area contributed by atoms with Crippen LogP contribution in [0.4, 0.5) is 0 Å². The molecular weight excluding hydrogens is 258 g/mol. The number of hydrogen-bond donors (Lipinski definition) is 1. The fraction of sp³-hybridized carbons (Fsp3) is 0.455. The number of carbonyl (C=O) groups is 2. The molecule has 0 aliphatic heterocycles. The zero-order valence-corrected chi connectivity index (χ0v) is 10.5. The second kappa shape index (κ2) is 5.30. The van der Waals surface area contributed by atoms with Crippen molar-refractivity contribution in [3.63, 3.8) is 0 Å². The molecule has 18 heavy (non-hydrogen) atoms. The number of methoxy groups -OCH3 is 1. The van der Waals surface area contributed by atoms with Gasteiger partial charge in [-0.25, -0.2) is 4.98 Å². The van der Waals surface area contributed by atoms with Crippen molar-refractivity contribution in [1.29, 1.82) is 0 Å². The minimum Gasteiger partial charge on any atom is -0.469 e. The molecule has 0 saturated heterocycles. The molecule has 1 aliphatic rings. The van der Waals surface area contributed by atoms with E-state index < -0.39 is 0 Å². The largest absolute Gasteiger partial charge is 0.469 e. The number of halogens is 1. The molecule has 0 aromatic carbocycles. The Morgan fingerprint density at radius 3 is 2.83 bits per heavy atom. The zero-order chi connectivity index (χ0) is 13.1. The lowest BCUT2D eigenvalue weighted by molar-refractivity contribution is -0.143. The third kappa shape index (κ3) is 2.76. The van der Waals surface area contributed by atoms with E-state index in [1.54, 1.807) is 0 Å². The average Bonchev–Trinajstić information content (AvgIpc) is 3.17. The van der Waals surface area contributed by atoms with Crippen LogP contribution in [0.5, 0.6) is 0 Å². The fourth-order valence-corrected chi connectivity index (χ4v) is 1.84. The van der Waals surface area contributed by atoms with Crippen LogP contribution < -0.4 is 5.32 Å². The molecule has 0 spiro atoms. The molecule has 0 bridgehead atoms. The summed E-state index contributed by atoms with van der Waals surface area (Å²) < 4.78 is 4.57. The molecule has 2 rings (SSSR count). The molecule has 1 aliphatic carbocycles. The maximum atomic E-state index is 11.7. The molecule has 1 saturated carbocycles. The van der Waals surface area contributed by atoms with Crippen LogP contribution >= 0.6 is 11.6 Å². The molecule has 6 nitrogen and oxygen atoms in total. The summed E-state index contributed by atoms with van der Waals surface area (Å²) in [6.07, 6.45) is 3.51. The van der Waals surface area contributed by atoms with Crippen LogP contribution in [0.15, 0.2) is 12.4 Å². The lowest BCUT2D eigenvalue weighted by atomic mass is 10.3. The van der Waals surface area contributed by atoms with Crippen molar-refractivity contribution >= 4 is 23.5 Å². The van der Waals surface area contributed by atoms with Gasteiger partial charge in [-0.1, -0.05) is 11.6 Å². The summed E-state index contributed by atoms with van der Waals surface area (Å²) in [6, 6.07) is 0. The van der Waals surface area contributed by atoms with Gasteiger partial charge in [0.05, 0.1) is 31.2 Å². The Kier molecular flexibility index (Phi) is 3.76. The van der Waals surface area contributed by atoms with Crippen LogP contribution in [-0.2, 0) is 20.9 Å². The highest BCUT2D eigenvalue weighted by atomic mass is 35.5. The number of carbonyl (C=O) groups excluding carboxylic acids is 2. The van der Waals surface area contributed by atoms with E-state index >= 15 is 0 Å². The van der Waals surface area contributed by atoms with E-state index in [0.717, 1.165) is 0 Å². The monoisotopic (exact) mass is 269 g/mol. The lowest BCUT2D eigenvalue weighted by Gasteiger charge is -2.04. The topological polar surface area (TPSA) is 81.2 Å². The molecule has 2 atom stereocenters. The number of esters is 1. The number of ether oxygens (including phenoxy) is 1. The van der Waals surface area contributed by atoms with Gasteiger partial charge in [-0.2, -0.15) is 0 Å². The van der Waals surface area contributed by atoms with E-state index in [2.05, 4.69) is 20.0 Å². The van der Waals surface area contributed by atoms with Gasteiger partial charge in [0.1, 0.15) is 0 Å². The van der Waals surface area contributed by atoms with Gasteiger partial charge in [-0.05, 0) is 6.42 Å². The molecule has 96 valence electrons. The van der Waals surface area contributed by atoms with Crippen LogP contribution in [-0.4, -0.2) is 29.0 Å². The van der Waals surface area contributed by atoms with Crippen molar-refractivity contribution in [3.8, 4) is 0 Å². The molecule has 1 heterocycles. The Balaban J connectivity index is 1.84. The van der Waals surface area contributed by atoms with Gasteiger partial charge >= 0.3 is 5.97 Å². The summed E-state index contributed by atoms with van der Waals surface area (Å²) in [4.78, 5) is 30.7. The first kappa shape index (κ1) is 12.8. The highest BCUT2D eigenvalue weighted by molar-refractivity contribution is 6.29. The second-order valence-corrected chi connectivity index (χ2v) is 4.34. The Hall–Kier alpha value is -1.69. The lowest BCUT2D eigenvalue weighted by Crippen LogP contribution is -2.26. The van der Waals surface area contributed by atoms with Crippen molar-refractivity contribution in [1.82, 2.24) is 15.3 Å². The van der Waals surface area contributed by atoms with Crippen LogP contribution in [0.2, 0.25) is 5.15 Å². The van der Waals surface area contributed by atoms with Crippen molar-refractivity contribution in [3.05, 3.63) is 23.2 Å². The van der Waals surface area contributed by atoms with Crippen LogP contribution in [0.3, 0.4) is 0 Å². The summed E-state index contributed by atoms with van der Waals surface area (Å²) in [6.45, 7) is 0.204. The molecule has 7 heteroatoms. The third-order valence-corrected chi connectivity index (χ3v) is 3.10. The van der Waals surface area contributed by atoms with Crippen LogP contribution in [0.25, 0.3) is 0 Å². The molecular formula is C11H12ClN3O3. The molecule has 1 amide bonds. The first-order valence-corrected chi connectivity index (χ1v) is 5.82. The van der Waals surface area contributed by atoms with E-state index in [0.29, 0.717) is 12.1 Å². The Morgan fingerprint density at radius 2 is 2.17 bits per heavy atom. The number of rotatable bonds is 4. The van der Waals surface area contributed by atoms with Crippen molar-refractivity contribution in [2.75, 3.05) is 7.11 Å². The van der Waals surface area contributed by atoms with Gasteiger partial charge in [-0.15, -0.1) is 0 Å². The summed E-state index contributed by atoms with van der Waals surface area (Å²) in [5, 5.41) is 2.94. The van der Waals surface area contributed by atoms with Gasteiger partial charge in [0.15, 0.2) is 5.15 Å². The van der Waals surface area contributed by atoms with E-state index in [9.17, 15) is 9.59 Å². The number of nitrogens with one attached hydrogen (secondary N) is 1. The summed E-state index contributed by atoms with van der Waals surface area (Å²) in [5.41, 5.74) is 0.503. The number of hydrogen-bond acceptors (Lipinski definition) is 5. The van der Waals surface area contributed by atoms with Gasteiger partial charge in [0.2, 0.25) is 5.91 Å². The zero-order valence-electron chi connectivity index (χ0n) is 9.72. The molecule has 1 fully saturated rings. The van der Waals surface area contributed by atoms with Gasteiger partial charge in [0.25, 0.3) is 0 Å². The quantitative estimate of drug-likeness (QED) is 0.808. The molecule has 1 N–H and O–H groups in total. The first-order valence-electron chi connectivity index (χ1n) is 5.44. The van der Waals surface area contributed by atoms with E-state index in [-0.39, 0.29) is 35.4 Å². The molecule has 0 radical (unpaired) electrons. The Bertz CT molecular complexity index is 480. The highest BCUT2D eigenvalue weighted by Gasteiger charge is 2.48. The van der Waals surface area contributed by atoms with Crippen LogP contribution in [0.1, 0.15) is 12.1 Å². The fourth-order valence-electron chi connectivity index (χ4n) is 1.67.